The van der Waals surface area contributed by atoms with Gasteiger partial charge in [-0.2, -0.15) is 11.8 Å². The van der Waals surface area contributed by atoms with Crippen LogP contribution in [0.15, 0.2) is 0 Å². The highest BCUT2D eigenvalue weighted by molar-refractivity contribution is 7.99. The van der Waals surface area contributed by atoms with Crippen LogP contribution in [0.3, 0.4) is 0 Å². The van der Waals surface area contributed by atoms with Crippen molar-refractivity contribution in [2.75, 3.05) is 25.2 Å². The molecule has 1 fully saturated rings. The Hall–Kier alpha value is -0.220. The van der Waals surface area contributed by atoms with Crippen molar-refractivity contribution in [2.45, 2.75) is 12.8 Å². The number of hydrogen-bond donors (Lipinski definition) is 1. The molecule has 0 amide bonds. The molecule has 2 unspecified atom stereocenters. The van der Waals surface area contributed by atoms with Gasteiger partial charge < -0.3 is 10.5 Å². The molecule has 76 valence electrons. The molecular formula is C9H17NO2S. The molecule has 0 saturated carbocycles. The lowest BCUT2D eigenvalue weighted by Crippen LogP contribution is -2.26. The molecule has 0 aromatic heterocycles. The Bertz CT molecular complexity index is 169. The molecule has 2 N–H and O–H groups in total. The van der Waals surface area contributed by atoms with Crippen LogP contribution in [0.1, 0.15) is 12.8 Å². The molecule has 4 heteroatoms. The molecule has 3 nitrogen and oxygen atoms in total. The van der Waals surface area contributed by atoms with Crippen LogP contribution < -0.4 is 5.73 Å². The van der Waals surface area contributed by atoms with Crippen molar-refractivity contribution in [2.24, 2.45) is 17.6 Å². The first-order chi connectivity index (χ1) is 6.27. The molecule has 1 rings (SSSR count). The number of thioether (sulfide) groups is 1. The van der Waals surface area contributed by atoms with Gasteiger partial charge in [0.2, 0.25) is 0 Å². The molecule has 0 bridgehead atoms. The summed E-state index contributed by atoms with van der Waals surface area (Å²) in [4.78, 5) is 11.1. The lowest BCUT2D eigenvalue weighted by atomic mass is 9.89. The number of nitrogens with two attached hydrogens (primary N) is 1. The second kappa shape index (κ2) is 5.50. The van der Waals surface area contributed by atoms with Crippen molar-refractivity contribution >= 4 is 17.7 Å². The van der Waals surface area contributed by atoms with Crippen LogP contribution in [0.2, 0.25) is 0 Å². The van der Waals surface area contributed by atoms with Gasteiger partial charge in [-0.15, -0.1) is 0 Å². The van der Waals surface area contributed by atoms with Crippen LogP contribution in [-0.2, 0) is 9.53 Å². The summed E-state index contributed by atoms with van der Waals surface area (Å²) < 4.78 is 4.64. The fourth-order valence-electron chi connectivity index (χ4n) is 1.66. The fourth-order valence-corrected chi connectivity index (χ4v) is 3.04. The van der Waals surface area contributed by atoms with E-state index in [0.29, 0.717) is 24.8 Å². The van der Waals surface area contributed by atoms with Crippen LogP contribution in [0, 0.1) is 11.8 Å². The van der Waals surface area contributed by atoms with Crippen molar-refractivity contribution in [1.82, 2.24) is 0 Å². The topological polar surface area (TPSA) is 52.3 Å². The van der Waals surface area contributed by atoms with E-state index < -0.39 is 0 Å². The monoisotopic (exact) mass is 203 g/mol. The zero-order valence-corrected chi connectivity index (χ0v) is 8.81. The maximum atomic E-state index is 11.1. The minimum Gasteiger partial charge on any atom is -0.469 e. The third-order valence-electron chi connectivity index (χ3n) is 2.59. The zero-order chi connectivity index (χ0) is 9.68. The first-order valence-electron chi connectivity index (χ1n) is 4.62. The molecule has 1 aliphatic rings. The second-order valence-corrected chi connectivity index (χ2v) is 4.55. The summed E-state index contributed by atoms with van der Waals surface area (Å²) in [6, 6.07) is 0. The Labute approximate surface area is 83.4 Å². The molecule has 0 aromatic rings. The first-order valence-corrected chi connectivity index (χ1v) is 5.78. The van der Waals surface area contributed by atoms with E-state index in [1.807, 2.05) is 11.8 Å². The average Bonchev–Trinajstić information content (AvgIpc) is 2.66. The third-order valence-corrected chi connectivity index (χ3v) is 3.78. The highest BCUT2D eigenvalue weighted by Gasteiger charge is 2.26. The smallest absolute Gasteiger partial charge is 0.305 e. The Balaban J connectivity index is 2.37. The van der Waals surface area contributed by atoms with Crippen molar-refractivity contribution in [1.29, 1.82) is 0 Å². The third kappa shape index (κ3) is 3.19. The zero-order valence-electron chi connectivity index (χ0n) is 7.99. The number of hydrogen-bond acceptors (Lipinski definition) is 4. The highest BCUT2D eigenvalue weighted by Crippen LogP contribution is 2.31. The summed E-state index contributed by atoms with van der Waals surface area (Å²) >= 11 is 1.95. The van der Waals surface area contributed by atoms with Gasteiger partial charge in [-0.25, -0.2) is 0 Å². The van der Waals surface area contributed by atoms with E-state index in [1.165, 1.54) is 19.3 Å². The van der Waals surface area contributed by atoms with Gasteiger partial charge in [0, 0.05) is 6.42 Å². The van der Waals surface area contributed by atoms with Gasteiger partial charge in [-0.1, -0.05) is 0 Å². The largest absolute Gasteiger partial charge is 0.469 e. The fraction of sp³-hybridized carbons (Fsp3) is 0.889. The van der Waals surface area contributed by atoms with Gasteiger partial charge in [0.25, 0.3) is 0 Å². The summed E-state index contributed by atoms with van der Waals surface area (Å²) in [5, 5.41) is 0. The lowest BCUT2D eigenvalue weighted by molar-refractivity contribution is -0.142. The van der Waals surface area contributed by atoms with Crippen molar-refractivity contribution in [3.8, 4) is 0 Å². The quantitative estimate of drug-likeness (QED) is 0.689. The predicted molar refractivity (Wildman–Crippen MR) is 54.6 cm³/mol. The molecule has 1 aliphatic heterocycles. The van der Waals surface area contributed by atoms with Crippen molar-refractivity contribution in [3.05, 3.63) is 0 Å². The van der Waals surface area contributed by atoms with Crippen LogP contribution >= 0.6 is 11.8 Å². The molecule has 0 spiro atoms. The van der Waals surface area contributed by atoms with Gasteiger partial charge in [0.05, 0.1) is 7.11 Å². The lowest BCUT2D eigenvalue weighted by Gasteiger charge is -2.19. The Kier molecular flexibility index (Phi) is 4.59. The highest BCUT2D eigenvalue weighted by atomic mass is 32.2. The number of ether oxygens (including phenoxy) is 1. The van der Waals surface area contributed by atoms with E-state index in [4.69, 9.17) is 5.73 Å². The number of methoxy groups -OCH3 is 1. The maximum absolute atomic E-state index is 11.1. The Morgan fingerprint density at radius 2 is 2.54 bits per heavy atom. The molecule has 1 heterocycles. The van der Waals surface area contributed by atoms with Crippen LogP contribution in [0.25, 0.3) is 0 Å². The molecule has 0 aliphatic carbocycles. The molecule has 2 atom stereocenters. The Morgan fingerprint density at radius 1 is 1.77 bits per heavy atom. The number of rotatable bonds is 4. The van der Waals surface area contributed by atoms with Gasteiger partial charge in [0.15, 0.2) is 0 Å². The van der Waals surface area contributed by atoms with Gasteiger partial charge in [-0.05, 0) is 36.3 Å². The summed E-state index contributed by atoms with van der Waals surface area (Å²) in [6.45, 7) is 0.598. The molecule has 13 heavy (non-hydrogen) atoms. The Morgan fingerprint density at radius 3 is 3.00 bits per heavy atom. The van der Waals surface area contributed by atoms with Crippen LogP contribution in [-0.4, -0.2) is 31.1 Å². The molecule has 1 saturated heterocycles. The molecular weight excluding hydrogens is 186 g/mol. The summed E-state index contributed by atoms with van der Waals surface area (Å²) in [5.41, 5.74) is 5.64. The summed E-state index contributed by atoms with van der Waals surface area (Å²) in [5.74, 6) is 3.17. The van der Waals surface area contributed by atoms with E-state index >= 15 is 0 Å². The SMILES string of the molecule is COC(=O)CC(CN)C1CCSC1. The normalized spacial score (nSPS) is 24.3. The van der Waals surface area contributed by atoms with Crippen LogP contribution in [0.5, 0.6) is 0 Å². The van der Waals surface area contributed by atoms with Gasteiger partial charge in [0.1, 0.15) is 0 Å². The van der Waals surface area contributed by atoms with Crippen LogP contribution in [0.4, 0.5) is 0 Å². The maximum Gasteiger partial charge on any atom is 0.305 e. The first kappa shape index (κ1) is 10.9. The number of carbonyl (C=O) groups excluding carboxylic acids is 1. The van der Waals surface area contributed by atoms with Gasteiger partial charge in [-0.3, -0.25) is 4.79 Å². The number of carbonyl (C=O) groups is 1. The van der Waals surface area contributed by atoms with E-state index in [9.17, 15) is 4.79 Å². The van der Waals surface area contributed by atoms with Gasteiger partial charge >= 0.3 is 5.97 Å². The number of esters is 1. The van der Waals surface area contributed by atoms with Crippen molar-refractivity contribution < 1.29 is 9.53 Å². The standard InChI is InChI=1S/C9H17NO2S/c1-12-9(11)4-8(5-10)7-2-3-13-6-7/h7-8H,2-6,10H2,1H3. The van der Waals surface area contributed by atoms with E-state index in [-0.39, 0.29) is 5.97 Å². The average molecular weight is 203 g/mol. The summed E-state index contributed by atoms with van der Waals surface area (Å²) in [6.07, 6.45) is 1.68. The minimum absolute atomic E-state index is 0.132. The second-order valence-electron chi connectivity index (χ2n) is 3.40. The predicted octanol–water partition coefficient (Wildman–Crippen LogP) is 0.877. The van der Waals surface area contributed by atoms with E-state index in [2.05, 4.69) is 4.74 Å². The van der Waals surface area contributed by atoms with E-state index in [0.717, 1.165) is 5.75 Å². The minimum atomic E-state index is -0.132. The van der Waals surface area contributed by atoms with Crippen molar-refractivity contribution in [3.63, 3.8) is 0 Å². The molecule has 0 radical (unpaired) electrons. The molecule has 0 aromatic carbocycles. The summed E-state index contributed by atoms with van der Waals surface area (Å²) in [7, 11) is 1.43. The van der Waals surface area contributed by atoms with E-state index in [1.54, 1.807) is 0 Å².